The van der Waals surface area contributed by atoms with Crippen LogP contribution in [0.25, 0.3) is 0 Å². The van der Waals surface area contributed by atoms with Crippen molar-refractivity contribution >= 4 is 0 Å². The molecule has 1 aliphatic heterocycles. The molecular weight excluding hydrogens is 241 g/mol. The van der Waals surface area contributed by atoms with Crippen LogP contribution in [0.1, 0.15) is 16.7 Å². The van der Waals surface area contributed by atoms with E-state index in [1.165, 1.54) is 17.2 Å². The molecule has 2 nitrogen and oxygen atoms in total. The highest BCUT2D eigenvalue weighted by molar-refractivity contribution is 5.31. The normalized spacial score (nSPS) is 15.2. The standard InChI is InChI=1S/C16H16FNO/c17-15-7-12(8-16(19)9-15)10-18-6-5-13-3-1-2-4-14(13)11-18/h1-4,7-9,19H,5-6,10-11H2. The van der Waals surface area contributed by atoms with Crippen molar-refractivity contribution < 1.29 is 9.50 Å². The van der Waals surface area contributed by atoms with Crippen molar-refractivity contribution in [2.45, 2.75) is 19.5 Å². The van der Waals surface area contributed by atoms with Gasteiger partial charge in [-0.05, 0) is 35.2 Å². The summed E-state index contributed by atoms with van der Waals surface area (Å²) in [6.45, 7) is 2.52. The number of halogens is 1. The van der Waals surface area contributed by atoms with Crippen molar-refractivity contribution in [3.05, 3.63) is 65.0 Å². The summed E-state index contributed by atoms with van der Waals surface area (Å²) < 4.78 is 13.2. The van der Waals surface area contributed by atoms with Crippen molar-refractivity contribution in [2.24, 2.45) is 0 Å². The quantitative estimate of drug-likeness (QED) is 0.893. The van der Waals surface area contributed by atoms with E-state index in [4.69, 9.17) is 0 Å². The average molecular weight is 257 g/mol. The number of hydrogen-bond acceptors (Lipinski definition) is 2. The van der Waals surface area contributed by atoms with Gasteiger partial charge in [0.15, 0.2) is 0 Å². The lowest BCUT2D eigenvalue weighted by atomic mass is 9.99. The molecule has 1 aliphatic rings. The van der Waals surface area contributed by atoms with E-state index >= 15 is 0 Å². The summed E-state index contributed by atoms with van der Waals surface area (Å²) in [5.74, 6) is -0.389. The zero-order valence-electron chi connectivity index (χ0n) is 10.6. The SMILES string of the molecule is Oc1cc(F)cc(CN2CCc3ccccc3C2)c1. The van der Waals surface area contributed by atoms with Crippen LogP contribution in [0.2, 0.25) is 0 Å². The molecule has 1 N–H and O–H groups in total. The van der Waals surface area contributed by atoms with Gasteiger partial charge >= 0.3 is 0 Å². The Morgan fingerprint density at radius 3 is 2.68 bits per heavy atom. The highest BCUT2D eigenvalue weighted by atomic mass is 19.1. The molecule has 1 heterocycles. The summed E-state index contributed by atoms with van der Waals surface area (Å²) in [6.07, 6.45) is 1.03. The first kappa shape index (κ1) is 12.2. The lowest BCUT2D eigenvalue weighted by molar-refractivity contribution is 0.245. The summed E-state index contributed by atoms with van der Waals surface area (Å²) in [6, 6.07) is 12.7. The minimum atomic E-state index is -0.382. The van der Waals surface area contributed by atoms with Crippen molar-refractivity contribution in [1.29, 1.82) is 0 Å². The van der Waals surface area contributed by atoms with Gasteiger partial charge in [-0.2, -0.15) is 0 Å². The van der Waals surface area contributed by atoms with E-state index < -0.39 is 0 Å². The first-order chi connectivity index (χ1) is 9.20. The van der Waals surface area contributed by atoms with E-state index in [-0.39, 0.29) is 11.6 Å². The van der Waals surface area contributed by atoms with Gasteiger partial charge in [-0.3, -0.25) is 4.90 Å². The van der Waals surface area contributed by atoms with Gasteiger partial charge in [-0.15, -0.1) is 0 Å². The predicted molar refractivity (Wildman–Crippen MR) is 72.3 cm³/mol. The van der Waals surface area contributed by atoms with E-state index in [0.717, 1.165) is 31.1 Å². The second-order valence-electron chi connectivity index (χ2n) is 5.05. The Labute approximate surface area is 112 Å². The minimum absolute atomic E-state index is 0.00703. The number of fused-ring (bicyclic) bond motifs is 1. The summed E-state index contributed by atoms with van der Waals surface area (Å²) in [5.41, 5.74) is 3.56. The average Bonchev–Trinajstić information content (AvgIpc) is 2.37. The minimum Gasteiger partial charge on any atom is -0.508 e. The molecular formula is C16H16FNO. The van der Waals surface area contributed by atoms with Crippen LogP contribution in [0, 0.1) is 5.82 Å². The topological polar surface area (TPSA) is 23.5 Å². The molecule has 2 aromatic carbocycles. The second kappa shape index (κ2) is 5.02. The molecule has 0 amide bonds. The third kappa shape index (κ3) is 2.76. The fourth-order valence-electron chi connectivity index (χ4n) is 2.67. The zero-order valence-corrected chi connectivity index (χ0v) is 10.6. The zero-order chi connectivity index (χ0) is 13.2. The maximum absolute atomic E-state index is 13.2. The van der Waals surface area contributed by atoms with Crippen LogP contribution in [0.15, 0.2) is 42.5 Å². The van der Waals surface area contributed by atoms with E-state index in [0.29, 0.717) is 6.54 Å². The first-order valence-electron chi connectivity index (χ1n) is 6.48. The number of nitrogens with zero attached hydrogens (tertiary/aromatic N) is 1. The van der Waals surface area contributed by atoms with Gasteiger partial charge in [0, 0.05) is 25.7 Å². The molecule has 19 heavy (non-hydrogen) atoms. The van der Waals surface area contributed by atoms with Gasteiger partial charge in [0.2, 0.25) is 0 Å². The molecule has 2 aromatic rings. The number of phenols is 1. The maximum Gasteiger partial charge on any atom is 0.127 e. The third-order valence-electron chi connectivity index (χ3n) is 3.56. The highest BCUT2D eigenvalue weighted by Gasteiger charge is 2.16. The van der Waals surface area contributed by atoms with Gasteiger partial charge in [-0.25, -0.2) is 4.39 Å². The molecule has 0 bridgehead atoms. The molecule has 3 heteroatoms. The number of hydrogen-bond donors (Lipinski definition) is 1. The Morgan fingerprint density at radius 1 is 1.11 bits per heavy atom. The van der Waals surface area contributed by atoms with Crippen LogP contribution in [-0.2, 0) is 19.5 Å². The number of aromatic hydroxyl groups is 1. The van der Waals surface area contributed by atoms with Crippen molar-refractivity contribution in [3.63, 3.8) is 0 Å². The Hall–Kier alpha value is -1.87. The van der Waals surface area contributed by atoms with Crippen LogP contribution >= 0.6 is 0 Å². The summed E-state index contributed by atoms with van der Waals surface area (Å²) in [4.78, 5) is 2.27. The Balaban J connectivity index is 1.75. The van der Waals surface area contributed by atoms with Gasteiger partial charge in [0.25, 0.3) is 0 Å². The number of phenolic OH excluding ortho intramolecular Hbond substituents is 1. The van der Waals surface area contributed by atoms with Gasteiger partial charge in [0.05, 0.1) is 0 Å². The van der Waals surface area contributed by atoms with Crippen LogP contribution in [0.4, 0.5) is 4.39 Å². The van der Waals surface area contributed by atoms with E-state index in [1.54, 1.807) is 6.07 Å². The maximum atomic E-state index is 13.2. The van der Waals surface area contributed by atoms with Crippen LogP contribution in [-0.4, -0.2) is 16.6 Å². The van der Waals surface area contributed by atoms with E-state index in [2.05, 4.69) is 29.2 Å². The number of rotatable bonds is 2. The molecule has 0 unspecified atom stereocenters. The molecule has 0 atom stereocenters. The van der Waals surface area contributed by atoms with Crippen LogP contribution in [0.5, 0.6) is 5.75 Å². The van der Waals surface area contributed by atoms with E-state index in [9.17, 15) is 9.50 Å². The summed E-state index contributed by atoms with van der Waals surface area (Å²) in [7, 11) is 0. The monoisotopic (exact) mass is 257 g/mol. The molecule has 0 radical (unpaired) electrons. The Bertz CT molecular complexity index is 577. The van der Waals surface area contributed by atoms with Gasteiger partial charge < -0.3 is 5.11 Å². The fourth-order valence-corrected chi connectivity index (χ4v) is 2.67. The molecule has 0 aromatic heterocycles. The molecule has 0 fully saturated rings. The second-order valence-corrected chi connectivity index (χ2v) is 5.05. The van der Waals surface area contributed by atoms with Gasteiger partial charge in [-0.1, -0.05) is 24.3 Å². The lowest BCUT2D eigenvalue weighted by Gasteiger charge is -2.28. The first-order valence-corrected chi connectivity index (χ1v) is 6.48. The van der Waals surface area contributed by atoms with Crippen LogP contribution in [0.3, 0.4) is 0 Å². The van der Waals surface area contributed by atoms with Crippen molar-refractivity contribution in [2.75, 3.05) is 6.54 Å². The Kier molecular flexibility index (Phi) is 3.22. The number of benzene rings is 2. The highest BCUT2D eigenvalue weighted by Crippen LogP contribution is 2.22. The summed E-state index contributed by atoms with van der Waals surface area (Å²) >= 11 is 0. The molecule has 98 valence electrons. The van der Waals surface area contributed by atoms with Crippen molar-refractivity contribution in [3.8, 4) is 5.75 Å². The summed E-state index contributed by atoms with van der Waals surface area (Å²) in [5, 5.41) is 9.42. The predicted octanol–water partition coefficient (Wildman–Crippen LogP) is 3.09. The molecule has 0 saturated carbocycles. The molecule has 0 aliphatic carbocycles. The lowest BCUT2D eigenvalue weighted by Crippen LogP contribution is -2.29. The largest absolute Gasteiger partial charge is 0.508 e. The fraction of sp³-hybridized carbons (Fsp3) is 0.250. The van der Waals surface area contributed by atoms with Gasteiger partial charge in [0.1, 0.15) is 11.6 Å². The van der Waals surface area contributed by atoms with Crippen molar-refractivity contribution in [1.82, 2.24) is 4.90 Å². The third-order valence-corrected chi connectivity index (χ3v) is 3.56. The smallest absolute Gasteiger partial charge is 0.127 e. The van der Waals surface area contributed by atoms with E-state index in [1.807, 2.05) is 0 Å². The molecule has 0 saturated heterocycles. The molecule has 3 rings (SSSR count). The molecule has 0 spiro atoms. The van der Waals surface area contributed by atoms with Crippen LogP contribution < -0.4 is 0 Å². The Morgan fingerprint density at radius 2 is 1.89 bits per heavy atom.